The third kappa shape index (κ3) is 4.25. The minimum absolute atomic E-state index is 0.0479. The predicted molar refractivity (Wildman–Crippen MR) is 119 cm³/mol. The van der Waals surface area contributed by atoms with Gasteiger partial charge in [-0.2, -0.15) is 0 Å². The molecule has 1 N–H and O–H groups in total. The van der Waals surface area contributed by atoms with Crippen molar-refractivity contribution in [2.75, 3.05) is 13.7 Å². The Hall–Kier alpha value is -3.20. The molecule has 0 bridgehead atoms. The number of aryl methyl sites for hydroxylation is 1. The molecule has 1 amide bonds. The summed E-state index contributed by atoms with van der Waals surface area (Å²) in [4.78, 5) is 31.0. The molecule has 2 aliphatic rings. The van der Waals surface area contributed by atoms with Crippen LogP contribution in [0, 0.1) is 0 Å². The van der Waals surface area contributed by atoms with Crippen LogP contribution in [0.15, 0.2) is 58.4 Å². The van der Waals surface area contributed by atoms with Crippen LogP contribution in [0.3, 0.4) is 0 Å². The predicted octanol–water partition coefficient (Wildman–Crippen LogP) is 2.19. The lowest BCUT2D eigenvalue weighted by molar-refractivity contribution is -0.153. The number of aliphatic imine (C=N–C) groups is 1. The normalized spacial score (nSPS) is 20.6. The van der Waals surface area contributed by atoms with E-state index in [0.29, 0.717) is 5.56 Å². The maximum atomic E-state index is 12.7. The number of nitrogens with zero attached hydrogens (tertiary/aromatic N) is 2. The number of hydrogen-bond donors (Lipinski definition) is 1. The number of nitrogens with one attached hydrogen (secondary N) is 1. The lowest BCUT2D eigenvalue weighted by atomic mass is 9.87. The molecule has 32 heavy (non-hydrogen) atoms. The Bertz CT molecular complexity index is 1190. The van der Waals surface area contributed by atoms with E-state index in [2.05, 4.69) is 15.8 Å². The zero-order chi connectivity index (χ0) is 22.9. The van der Waals surface area contributed by atoms with Gasteiger partial charge in [0, 0.05) is 12.6 Å². The average molecular weight is 456 g/mol. The number of carbonyl (C=O) groups is 2. The number of esters is 1. The fourth-order valence-corrected chi connectivity index (χ4v) is 5.37. The topological polar surface area (TPSA) is 105 Å². The zero-order valence-corrected chi connectivity index (χ0v) is 18.8. The number of carbonyl (C=O) groups excluding carboxylic acids is 2. The third-order valence-corrected chi connectivity index (χ3v) is 7.26. The Morgan fingerprint density at radius 1 is 1.19 bits per heavy atom. The van der Waals surface area contributed by atoms with E-state index in [0.717, 1.165) is 24.8 Å². The molecular weight excluding hydrogens is 430 g/mol. The average Bonchev–Trinajstić information content (AvgIpc) is 3.06. The Morgan fingerprint density at radius 3 is 2.72 bits per heavy atom. The van der Waals surface area contributed by atoms with E-state index in [1.807, 2.05) is 18.2 Å². The van der Waals surface area contributed by atoms with Crippen molar-refractivity contribution in [2.24, 2.45) is 4.99 Å². The second-order valence-electron chi connectivity index (χ2n) is 7.97. The highest BCUT2D eigenvalue weighted by Crippen LogP contribution is 2.33. The maximum absolute atomic E-state index is 12.7. The molecular formula is C23H25N3O5S. The lowest BCUT2D eigenvalue weighted by Gasteiger charge is -2.33. The van der Waals surface area contributed by atoms with Gasteiger partial charge in [0.25, 0.3) is 15.9 Å². The molecule has 0 spiro atoms. The van der Waals surface area contributed by atoms with Crippen molar-refractivity contribution >= 4 is 27.7 Å². The number of amides is 1. The molecule has 0 radical (unpaired) electrons. The monoisotopic (exact) mass is 455 g/mol. The minimum atomic E-state index is -3.69. The van der Waals surface area contributed by atoms with E-state index in [4.69, 9.17) is 4.74 Å². The summed E-state index contributed by atoms with van der Waals surface area (Å²) < 4.78 is 31.9. The van der Waals surface area contributed by atoms with Crippen LogP contribution < -0.4 is 4.72 Å². The van der Waals surface area contributed by atoms with E-state index in [-0.39, 0.29) is 22.7 Å². The number of fused-ring (bicyclic) bond motifs is 2. The van der Waals surface area contributed by atoms with E-state index >= 15 is 0 Å². The second-order valence-corrected chi connectivity index (χ2v) is 9.63. The summed E-state index contributed by atoms with van der Waals surface area (Å²) in [5.41, 5.74) is 2.77. The molecule has 1 aliphatic heterocycles. The van der Waals surface area contributed by atoms with Gasteiger partial charge in [0.05, 0.1) is 10.9 Å². The van der Waals surface area contributed by atoms with Crippen LogP contribution in [0.25, 0.3) is 0 Å². The Morgan fingerprint density at radius 2 is 1.91 bits per heavy atom. The van der Waals surface area contributed by atoms with Crippen molar-refractivity contribution in [3.05, 3.63) is 65.2 Å². The third-order valence-electron chi connectivity index (χ3n) is 5.86. The highest BCUT2D eigenvalue weighted by molar-refractivity contribution is 7.90. The van der Waals surface area contributed by atoms with E-state index in [1.54, 1.807) is 30.1 Å². The molecule has 0 saturated heterocycles. The van der Waals surface area contributed by atoms with Crippen LogP contribution in [-0.2, 0) is 30.8 Å². The summed E-state index contributed by atoms with van der Waals surface area (Å²) in [6.45, 7) is 1.10. The van der Waals surface area contributed by atoms with Gasteiger partial charge in [-0.25, -0.2) is 13.2 Å². The number of likely N-dealkylation sites (N-methyl/N-ethyl adjacent to an activating group) is 1. The maximum Gasteiger partial charge on any atom is 0.331 e. The van der Waals surface area contributed by atoms with Crippen LogP contribution in [0.4, 0.5) is 0 Å². The lowest BCUT2D eigenvalue weighted by Crippen LogP contribution is -2.37. The summed E-state index contributed by atoms with van der Waals surface area (Å²) in [6, 6.07) is 13.4. The summed E-state index contributed by atoms with van der Waals surface area (Å²) in [6.07, 6.45) is 2.84. The van der Waals surface area contributed by atoms with Gasteiger partial charge < -0.3 is 9.64 Å². The minimum Gasteiger partial charge on any atom is -0.454 e. The molecule has 1 aliphatic carbocycles. The van der Waals surface area contributed by atoms with Gasteiger partial charge in [0.2, 0.25) is 0 Å². The Kier molecular flexibility index (Phi) is 6.01. The van der Waals surface area contributed by atoms with Crippen molar-refractivity contribution in [3.8, 4) is 0 Å². The number of benzene rings is 2. The van der Waals surface area contributed by atoms with E-state index < -0.39 is 28.6 Å². The Labute approximate surface area is 187 Å². The van der Waals surface area contributed by atoms with Gasteiger partial charge in [-0.15, -0.1) is 0 Å². The zero-order valence-electron chi connectivity index (χ0n) is 17.9. The second kappa shape index (κ2) is 8.74. The molecule has 2 aromatic carbocycles. The quantitative estimate of drug-likeness (QED) is 0.696. The van der Waals surface area contributed by atoms with Crippen molar-refractivity contribution < 1.29 is 22.7 Å². The SMILES string of the molecule is CC(N=C1NS(=O)(=O)c2ccccc21)C(=O)OCC(=O)N(C)C1CCCc2ccccc21. The first-order valence-electron chi connectivity index (χ1n) is 10.5. The number of amidine groups is 1. The van der Waals surface area contributed by atoms with Gasteiger partial charge >= 0.3 is 5.97 Å². The molecule has 4 rings (SSSR count). The number of hydrogen-bond acceptors (Lipinski definition) is 6. The van der Waals surface area contributed by atoms with Crippen LogP contribution >= 0.6 is 0 Å². The Balaban J connectivity index is 1.39. The van der Waals surface area contributed by atoms with E-state index in [1.165, 1.54) is 18.6 Å². The first-order valence-corrected chi connectivity index (χ1v) is 12.0. The fraction of sp³-hybridized carbons (Fsp3) is 0.348. The first-order chi connectivity index (χ1) is 15.3. The van der Waals surface area contributed by atoms with Crippen molar-refractivity contribution in [2.45, 2.75) is 43.2 Å². The van der Waals surface area contributed by atoms with Crippen LogP contribution in [0.5, 0.6) is 0 Å². The number of sulfonamides is 1. The van der Waals surface area contributed by atoms with Crippen molar-refractivity contribution in [1.82, 2.24) is 9.62 Å². The summed E-state index contributed by atoms with van der Waals surface area (Å²) in [7, 11) is -1.97. The van der Waals surface area contributed by atoms with Crippen molar-refractivity contribution in [3.63, 3.8) is 0 Å². The van der Waals surface area contributed by atoms with E-state index in [9.17, 15) is 18.0 Å². The summed E-state index contributed by atoms with van der Waals surface area (Å²) in [5, 5.41) is 0. The van der Waals surface area contributed by atoms with Crippen LogP contribution in [0.2, 0.25) is 0 Å². The van der Waals surface area contributed by atoms with Gasteiger partial charge in [-0.3, -0.25) is 14.5 Å². The number of ether oxygens (including phenoxy) is 1. The molecule has 2 unspecified atom stereocenters. The molecule has 2 atom stereocenters. The molecule has 0 aromatic heterocycles. The van der Waals surface area contributed by atoms with Gasteiger partial charge in [0.1, 0.15) is 11.9 Å². The molecule has 2 aromatic rings. The van der Waals surface area contributed by atoms with Crippen LogP contribution in [-0.4, -0.2) is 50.7 Å². The van der Waals surface area contributed by atoms with Gasteiger partial charge in [-0.1, -0.05) is 36.4 Å². The highest BCUT2D eigenvalue weighted by atomic mass is 32.2. The first kappa shape index (κ1) is 22.0. The largest absolute Gasteiger partial charge is 0.454 e. The fourth-order valence-electron chi connectivity index (χ4n) is 4.14. The van der Waals surface area contributed by atoms with Gasteiger partial charge in [-0.05, 0) is 49.4 Å². The molecule has 168 valence electrons. The summed E-state index contributed by atoms with van der Waals surface area (Å²) in [5.74, 6) is -0.911. The molecule has 1 heterocycles. The molecule has 9 heteroatoms. The molecule has 8 nitrogen and oxygen atoms in total. The van der Waals surface area contributed by atoms with Gasteiger partial charge in [0.15, 0.2) is 6.61 Å². The summed E-state index contributed by atoms with van der Waals surface area (Å²) >= 11 is 0. The molecule has 0 fully saturated rings. The number of rotatable bonds is 5. The molecule has 0 saturated carbocycles. The van der Waals surface area contributed by atoms with Crippen LogP contribution in [0.1, 0.15) is 42.5 Å². The standard InChI is InChI=1S/C23H25N3O5S/c1-15(24-22-18-11-5-6-13-20(18)32(29,30)25-22)23(28)31-14-21(27)26(2)19-12-7-9-16-8-3-4-10-17(16)19/h3-6,8,10-11,13,15,19H,7,9,12,14H2,1-2H3,(H,24,25). The van der Waals surface area contributed by atoms with Crippen molar-refractivity contribution in [1.29, 1.82) is 0 Å². The smallest absolute Gasteiger partial charge is 0.331 e. The highest BCUT2D eigenvalue weighted by Gasteiger charge is 2.32.